The van der Waals surface area contributed by atoms with Crippen molar-refractivity contribution in [3.8, 4) is 12.1 Å². The Morgan fingerprint density at radius 3 is 2.17 bits per heavy atom. The molecule has 0 amide bonds. The minimum absolute atomic E-state index is 0.0205. The summed E-state index contributed by atoms with van der Waals surface area (Å²) in [7, 11) is -4.77. The molecule has 58 heavy (non-hydrogen) atoms. The molecule has 0 radical (unpaired) electrons. The van der Waals surface area contributed by atoms with Crippen LogP contribution in [0.25, 0.3) is 5.52 Å². The van der Waals surface area contributed by atoms with Crippen LogP contribution < -0.4 is 0 Å². The summed E-state index contributed by atoms with van der Waals surface area (Å²) in [5, 5.41) is 45.7. The van der Waals surface area contributed by atoms with Crippen molar-refractivity contribution >= 4 is 24.9 Å². The number of hydrogen-bond acceptors (Lipinski definition) is 12. The summed E-state index contributed by atoms with van der Waals surface area (Å²) in [5.41, 5.74) is 0.282. The van der Waals surface area contributed by atoms with Gasteiger partial charge in [0.25, 0.3) is 0 Å². The number of hydrogen-bond donors (Lipinski definition) is 3. The van der Waals surface area contributed by atoms with Crippen molar-refractivity contribution in [2.24, 2.45) is 0 Å². The Hall–Kier alpha value is -2.98. The standard InChI is InChI=1S/C42H61ClN5O9P/c1-3-4-5-6-7-8-9-10-11-12-13-14-15-16-17-18-23-53-27-35(54-26-34-20-19-33(25-44)24-36(34)43)28-55-58(51,52)56-29-38-40(49)41(50)42(30-45,57-38)39-22-21-37-32(2)46-31-47-48(37)39/h19-22,24,31,35,38,40-41,49-50H,3-18,23,26-29H2,1-2H3,(H,51,52)/t35-,38-,40-,41-,42+/m1/s1. The number of aliphatic hydroxyl groups is 2. The van der Waals surface area contributed by atoms with Crippen LogP contribution in [0.1, 0.15) is 132 Å². The Bertz CT molecular complexity index is 1820. The first-order valence-electron chi connectivity index (χ1n) is 20.8. The van der Waals surface area contributed by atoms with E-state index in [0.29, 0.717) is 34.0 Å². The number of phosphoric acid groups is 1. The van der Waals surface area contributed by atoms with Gasteiger partial charge in [0.1, 0.15) is 36.8 Å². The topological polar surface area (TPSA) is 202 Å². The molecule has 0 bridgehead atoms. The predicted molar refractivity (Wildman–Crippen MR) is 219 cm³/mol. The van der Waals surface area contributed by atoms with Gasteiger partial charge in [-0.1, -0.05) is 121 Å². The maximum Gasteiger partial charge on any atom is 0.472 e. The van der Waals surface area contributed by atoms with Gasteiger partial charge in [-0.3, -0.25) is 9.05 Å². The average Bonchev–Trinajstić information content (AvgIpc) is 3.77. The normalized spacial score (nSPS) is 20.9. The Kier molecular flexibility index (Phi) is 20.5. The number of halogens is 1. The molecule has 320 valence electrons. The molecule has 3 heterocycles. The molecule has 3 N–H and O–H groups in total. The maximum absolute atomic E-state index is 13.1. The number of fused-ring (bicyclic) bond motifs is 1. The lowest BCUT2D eigenvalue weighted by Gasteiger charge is -2.24. The zero-order chi connectivity index (χ0) is 41.8. The third-order valence-electron chi connectivity index (χ3n) is 10.6. The van der Waals surface area contributed by atoms with Crippen molar-refractivity contribution in [3.63, 3.8) is 0 Å². The van der Waals surface area contributed by atoms with E-state index in [2.05, 4.69) is 17.0 Å². The molecule has 1 aliphatic rings. The lowest BCUT2D eigenvalue weighted by atomic mass is 9.92. The van der Waals surface area contributed by atoms with E-state index in [1.165, 1.54) is 106 Å². The largest absolute Gasteiger partial charge is 0.472 e. The molecule has 2 aromatic heterocycles. The molecule has 0 spiro atoms. The number of phosphoric ester groups is 1. The van der Waals surface area contributed by atoms with Gasteiger partial charge in [-0.05, 0) is 43.2 Å². The van der Waals surface area contributed by atoms with E-state index in [4.69, 9.17) is 34.9 Å². The van der Waals surface area contributed by atoms with Crippen LogP contribution >= 0.6 is 19.4 Å². The number of aryl methyl sites for hydroxylation is 1. The third-order valence-corrected chi connectivity index (χ3v) is 11.9. The molecule has 16 heteroatoms. The zero-order valence-corrected chi connectivity index (χ0v) is 35.6. The van der Waals surface area contributed by atoms with Gasteiger partial charge in [0.2, 0.25) is 5.60 Å². The van der Waals surface area contributed by atoms with E-state index in [9.17, 15) is 30.2 Å². The molecular formula is C42H61ClN5O9P. The highest BCUT2D eigenvalue weighted by atomic mass is 35.5. The monoisotopic (exact) mass is 845 g/mol. The molecule has 1 fully saturated rings. The SMILES string of the molecule is CCCCCCCCCCCCCCCCCCOC[C@H](COP(=O)(O)OC[C@H]1O[C@@](C#N)(c2ccc3c(C)ncnn23)[C@H](O)[C@@H]1O)OCc1ccc(C#N)cc1Cl. The minimum Gasteiger partial charge on any atom is -0.387 e. The third kappa shape index (κ3) is 14.3. The fourth-order valence-electron chi connectivity index (χ4n) is 7.09. The number of aliphatic hydroxyl groups excluding tert-OH is 2. The fourth-order valence-corrected chi connectivity index (χ4v) is 8.09. The van der Waals surface area contributed by atoms with Gasteiger partial charge in [-0.25, -0.2) is 14.1 Å². The number of rotatable bonds is 29. The van der Waals surface area contributed by atoms with Gasteiger partial charge in [-0.2, -0.15) is 15.6 Å². The van der Waals surface area contributed by atoms with E-state index >= 15 is 0 Å². The van der Waals surface area contributed by atoms with Gasteiger partial charge in [0.05, 0.1) is 55.0 Å². The summed E-state index contributed by atoms with van der Waals surface area (Å²) in [6, 6.07) is 12.0. The van der Waals surface area contributed by atoms with Gasteiger partial charge < -0.3 is 29.3 Å². The van der Waals surface area contributed by atoms with E-state index in [0.717, 1.165) is 19.3 Å². The average molecular weight is 846 g/mol. The first kappa shape index (κ1) is 47.7. The zero-order valence-electron chi connectivity index (χ0n) is 34.0. The van der Waals surface area contributed by atoms with Crippen LogP contribution in [-0.2, 0) is 40.0 Å². The van der Waals surface area contributed by atoms with Crippen LogP contribution in [-0.4, -0.2) is 80.5 Å². The summed E-state index contributed by atoms with van der Waals surface area (Å²) >= 11 is 6.35. The summed E-state index contributed by atoms with van der Waals surface area (Å²) in [4.78, 5) is 14.7. The molecule has 1 unspecified atom stereocenters. The second-order valence-corrected chi connectivity index (χ2v) is 17.0. The lowest BCUT2D eigenvalue weighted by Crippen LogP contribution is -2.41. The highest BCUT2D eigenvalue weighted by molar-refractivity contribution is 7.47. The maximum atomic E-state index is 13.1. The molecule has 1 aliphatic heterocycles. The Balaban J connectivity index is 1.20. The number of nitriles is 2. The first-order valence-corrected chi connectivity index (χ1v) is 22.7. The van der Waals surface area contributed by atoms with Gasteiger partial charge in [0.15, 0.2) is 0 Å². The molecule has 1 saturated heterocycles. The van der Waals surface area contributed by atoms with Crippen molar-refractivity contribution in [1.29, 1.82) is 10.5 Å². The summed E-state index contributed by atoms with van der Waals surface area (Å²) in [5.74, 6) is 0. The lowest BCUT2D eigenvalue weighted by molar-refractivity contribution is -0.0690. The summed E-state index contributed by atoms with van der Waals surface area (Å²) in [6.45, 7) is 3.48. The van der Waals surface area contributed by atoms with Crippen LogP contribution in [0.5, 0.6) is 0 Å². The second kappa shape index (κ2) is 24.9. The summed E-state index contributed by atoms with van der Waals surface area (Å²) < 4.78 is 42.7. The highest BCUT2D eigenvalue weighted by Gasteiger charge is 2.58. The number of unbranched alkanes of at least 4 members (excludes halogenated alkanes) is 15. The first-order chi connectivity index (χ1) is 28.0. The molecule has 0 aliphatic carbocycles. The van der Waals surface area contributed by atoms with Crippen molar-refractivity contribution < 1.29 is 42.9 Å². The quantitative estimate of drug-likeness (QED) is 0.0445. The Morgan fingerprint density at radius 2 is 1.57 bits per heavy atom. The molecule has 14 nitrogen and oxygen atoms in total. The van der Waals surface area contributed by atoms with Crippen LogP contribution in [0.2, 0.25) is 5.02 Å². The number of nitrogens with zero attached hydrogens (tertiary/aromatic N) is 5. The van der Waals surface area contributed by atoms with Crippen LogP contribution in [0.3, 0.4) is 0 Å². The van der Waals surface area contributed by atoms with E-state index in [-0.39, 0.29) is 18.9 Å². The number of benzene rings is 1. The minimum atomic E-state index is -4.77. The second-order valence-electron chi connectivity index (χ2n) is 15.1. The predicted octanol–water partition coefficient (Wildman–Crippen LogP) is 8.40. The van der Waals surface area contributed by atoms with Gasteiger partial charge in [-0.15, -0.1) is 0 Å². The Labute approximate surface area is 348 Å². The molecule has 4 rings (SSSR count). The van der Waals surface area contributed by atoms with E-state index in [1.54, 1.807) is 25.1 Å². The van der Waals surface area contributed by atoms with Crippen LogP contribution in [0.15, 0.2) is 36.7 Å². The van der Waals surface area contributed by atoms with Crippen molar-refractivity contribution in [2.45, 2.75) is 153 Å². The molecule has 6 atom stereocenters. The fraction of sp³-hybridized carbons (Fsp3) is 0.667. The molecule has 3 aromatic rings. The number of aromatic nitrogens is 3. The summed E-state index contributed by atoms with van der Waals surface area (Å²) in [6.07, 6.45) is 16.0. The van der Waals surface area contributed by atoms with Gasteiger partial charge in [0, 0.05) is 11.6 Å². The Morgan fingerprint density at radius 1 is 0.931 bits per heavy atom. The van der Waals surface area contributed by atoms with E-state index in [1.807, 2.05) is 12.1 Å². The van der Waals surface area contributed by atoms with Crippen molar-refractivity contribution in [2.75, 3.05) is 26.4 Å². The van der Waals surface area contributed by atoms with E-state index < -0.39 is 51.1 Å². The van der Waals surface area contributed by atoms with Crippen LogP contribution in [0.4, 0.5) is 0 Å². The van der Waals surface area contributed by atoms with Crippen molar-refractivity contribution in [1.82, 2.24) is 14.6 Å². The smallest absolute Gasteiger partial charge is 0.387 e. The highest BCUT2D eigenvalue weighted by Crippen LogP contribution is 2.46. The molecule has 1 aromatic carbocycles. The van der Waals surface area contributed by atoms with Crippen molar-refractivity contribution in [3.05, 3.63) is 64.2 Å². The van der Waals surface area contributed by atoms with Gasteiger partial charge >= 0.3 is 7.82 Å². The number of ether oxygens (including phenoxy) is 3. The molecule has 0 saturated carbocycles. The molecular weight excluding hydrogens is 785 g/mol. The van der Waals surface area contributed by atoms with Crippen LogP contribution in [0, 0.1) is 29.6 Å².